The van der Waals surface area contributed by atoms with Gasteiger partial charge in [-0.05, 0) is 63.1 Å². The Kier molecular flexibility index (Phi) is 11.5. The number of ketones is 1. The zero-order valence-electron chi connectivity index (χ0n) is 32.8. The second-order valence-electron chi connectivity index (χ2n) is 14.8. The first kappa shape index (κ1) is 39.0. The van der Waals surface area contributed by atoms with Gasteiger partial charge in [0.15, 0.2) is 17.3 Å². The summed E-state index contributed by atoms with van der Waals surface area (Å²) in [4.78, 5) is 42.5. The number of nitrogens with one attached hydrogen (secondary N) is 1. The molecule has 5 aromatic carbocycles. The van der Waals surface area contributed by atoms with Gasteiger partial charge < -0.3 is 9.64 Å². The Balaban J connectivity index is 1.33. The molecule has 10 heteroatoms. The van der Waals surface area contributed by atoms with E-state index in [0.717, 1.165) is 33.4 Å². The number of amides is 1. The van der Waals surface area contributed by atoms with Crippen LogP contribution < -0.4 is 5.32 Å². The first-order chi connectivity index (χ1) is 27.8. The maximum Gasteiger partial charge on any atom is 0.347 e. The highest BCUT2D eigenvalue weighted by Crippen LogP contribution is 2.43. The van der Waals surface area contributed by atoms with Crippen LogP contribution in [0.3, 0.4) is 0 Å². The number of hydrogen-bond donors (Lipinski definition) is 1. The van der Waals surface area contributed by atoms with E-state index in [4.69, 9.17) is 15.0 Å². The molecule has 1 N–H and O–H groups in total. The van der Waals surface area contributed by atoms with Crippen molar-refractivity contribution in [2.45, 2.75) is 63.7 Å². The summed E-state index contributed by atoms with van der Waals surface area (Å²) in [6.07, 6.45) is 1.87. The molecule has 1 fully saturated rings. The van der Waals surface area contributed by atoms with Gasteiger partial charge >= 0.3 is 5.97 Å². The van der Waals surface area contributed by atoms with Crippen molar-refractivity contribution in [1.82, 2.24) is 30.4 Å². The van der Waals surface area contributed by atoms with Gasteiger partial charge in [-0.3, -0.25) is 14.9 Å². The third-order valence-corrected chi connectivity index (χ3v) is 11.0. The van der Waals surface area contributed by atoms with Crippen LogP contribution in [0, 0.1) is 5.92 Å². The zero-order valence-corrected chi connectivity index (χ0v) is 32.8. The number of likely N-dealkylation sites (tertiary alicyclic amines) is 1. The minimum atomic E-state index is -1.46. The van der Waals surface area contributed by atoms with E-state index < -0.39 is 23.2 Å². The molecule has 1 aromatic heterocycles. The third-order valence-electron chi connectivity index (χ3n) is 11.0. The smallest absolute Gasteiger partial charge is 0.347 e. The van der Waals surface area contributed by atoms with Crippen LogP contribution in [0.5, 0.6) is 0 Å². The number of Topliss-reactive ketones (excluding diaryl/α,β-unsaturated/α-hetero) is 1. The molecule has 0 unspecified atom stereocenters. The van der Waals surface area contributed by atoms with Crippen molar-refractivity contribution in [3.8, 4) is 22.5 Å². The van der Waals surface area contributed by atoms with Gasteiger partial charge in [0, 0.05) is 24.4 Å². The molecule has 0 saturated carbocycles. The molecule has 2 atom stereocenters. The highest BCUT2D eigenvalue weighted by atomic mass is 16.5. The van der Waals surface area contributed by atoms with Gasteiger partial charge in [0.05, 0.1) is 13.2 Å². The lowest BCUT2D eigenvalue weighted by Gasteiger charge is -2.40. The van der Waals surface area contributed by atoms with Crippen LogP contribution in [-0.4, -0.2) is 62.1 Å². The van der Waals surface area contributed by atoms with Crippen molar-refractivity contribution in [2.24, 2.45) is 5.92 Å². The number of ether oxygens (including phenoxy) is 1. The Labute approximate surface area is 333 Å². The van der Waals surface area contributed by atoms with E-state index in [1.165, 1.54) is 7.11 Å². The van der Waals surface area contributed by atoms with Crippen LogP contribution in [0.2, 0.25) is 0 Å². The molecule has 0 spiro atoms. The largest absolute Gasteiger partial charge is 0.466 e. The number of benzene rings is 5. The number of aromatic nitrogens is 4. The molecule has 1 aliphatic rings. The second kappa shape index (κ2) is 16.9. The fourth-order valence-corrected chi connectivity index (χ4v) is 8.27. The molecule has 290 valence electrons. The first-order valence-corrected chi connectivity index (χ1v) is 19.6. The third kappa shape index (κ3) is 7.17. The minimum absolute atomic E-state index is 0.0731. The number of rotatable bonds is 14. The molecule has 2 heterocycles. The van der Waals surface area contributed by atoms with Gasteiger partial charge in [-0.2, -0.15) is 0 Å². The van der Waals surface area contributed by atoms with Gasteiger partial charge in [0.25, 0.3) is 0 Å². The summed E-state index contributed by atoms with van der Waals surface area (Å²) in [5.41, 5.74) is 3.86. The van der Waals surface area contributed by atoms with E-state index in [0.29, 0.717) is 43.6 Å². The normalized spacial score (nSPS) is 16.1. The lowest BCUT2D eigenvalue weighted by atomic mass is 9.77. The zero-order chi connectivity index (χ0) is 40.0. The van der Waals surface area contributed by atoms with Crippen molar-refractivity contribution < 1.29 is 19.1 Å². The number of carbonyl (C=O) groups is 3. The maximum absolute atomic E-state index is 13.9. The number of hydrogen-bond acceptors (Lipinski definition) is 8. The predicted octanol–water partition coefficient (Wildman–Crippen LogP) is 7.99. The van der Waals surface area contributed by atoms with E-state index in [2.05, 4.69) is 46.9 Å². The fraction of sp³-hybridized carbons (Fsp3) is 0.277. The second-order valence-corrected chi connectivity index (χ2v) is 14.8. The summed E-state index contributed by atoms with van der Waals surface area (Å²) >= 11 is 0. The summed E-state index contributed by atoms with van der Waals surface area (Å²) in [6, 6.07) is 45.8. The van der Waals surface area contributed by atoms with Crippen LogP contribution >= 0.6 is 0 Å². The Morgan fingerprint density at radius 3 is 1.84 bits per heavy atom. The summed E-state index contributed by atoms with van der Waals surface area (Å²) in [7, 11) is 1.32. The van der Waals surface area contributed by atoms with E-state index in [1.54, 1.807) is 4.90 Å². The maximum atomic E-state index is 13.9. The molecule has 0 radical (unpaired) electrons. The molecule has 0 aliphatic carbocycles. The molecule has 1 aliphatic heterocycles. The van der Waals surface area contributed by atoms with Crippen molar-refractivity contribution in [3.63, 3.8) is 0 Å². The average molecular weight is 761 g/mol. The summed E-state index contributed by atoms with van der Waals surface area (Å²) in [6.45, 7) is 5.96. The van der Waals surface area contributed by atoms with Crippen LogP contribution in [0.1, 0.15) is 74.8 Å². The Hall–Kier alpha value is -6.26. The number of nitrogens with zero attached hydrogens (tertiary/aromatic N) is 5. The van der Waals surface area contributed by atoms with Crippen LogP contribution in [0.4, 0.5) is 0 Å². The molecule has 7 rings (SSSR count). The van der Waals surface area contributed by atoms with Gasteiger partial charge in [-0.25, -0.2) is 9.48 Å². The minimum Gasteiger partial charge on any atom is -0.466 e. The molecule has 1 saturated heterocycles. The lowest BCUT2D eigenvalue weighted by Crippen LogP contribution is -2.64. The van der Waals surface area contributed by atoms with Crippen LogP contribution in [0.25, 0.3) is 22.5 Å². The standard InChI is InChI=1S/C47H48N6O4/c1-5-18-41(54)42(48-46(45(56)57-4)31-17-32-52(46)44(55)33(2)3)35-29-27-34(28-30-35)39-25-15-16-26-40(39)43-49-50-51-53(43)47(36-19-9-6-10-20-36,37-21-11-7-12-22-37)38-23-13-8-14-24-38/h6-16,19-30,33,42,48H,5,17-18,31-32H2,1-4H3/t42-,46-/m0/s1. The molecular weight excluding hydrogens is 713 g/mol. The molecule has 10 nitrogen and oxygen atoms in total. The molecule has 0 bridgehead atoms. The number of tetrazole rings is 1. The number of carbonyl (C=O) groups excluding carboxylic acids is 3. The van der Waals surface area contributed by atoms with Crippen molar-refractivity contribution in [3.05, 3.63) is 162 Å². The molecule has 57 heavy (non-hydrogen) atoms. The van der Waals surface area contributed by atoms with Crippen LogP contribution in [-0.2, 0) is 24.7 Å². The topological polar surface area (TPSA) is 119 Å². The quantitative estimate of drug-likeness (QED) is 0.0877. The Bertz CT molecular complexity index is 2210. The predicted molar refractivity (Wildman–Crippen MR) is 220 cm³/mol. The molecular formula is C47H48N6O4. The van der Waals surface area contributed by atoms with Crippen molar-refractivity contribution >= 4 is 17.7 Å². The SMILES string of the molecule is CCCC(=O)[C@@H](N[C@@]1(C(=O)OC)CCCN1C(=O)C(C)C)c1ccc(-c2ccccc2-c2nnnn2C(c2ccccc2)(c2ccccc2)c2ccccc2)cc1. The summed E-state index contributed by atoms with van der Waals surface area (Å²) in [5.74, 6) is -0.588. The molecule has 1 amide bonds. The number of esters is 1. The first-order valence-electron chi connectivity index (χ1n) is 19.6. The molecule has 6 aromatic rings. The van der Waals surface area contributed by atoms with Crippen molar-refractivity contribution in [1.29, 1.82) is 0 Å². The number of methoxy groups -OCH3 is 1. The van der Waals surface area contributed by atoms with Gasteiger partial charge in [-0.15, -0.1) is 5.10 Å². The highest BCUT2D eigenvalue weighted by molar-refractivity contribution is 5.91. The Morgan fingerprint density at radius 1 is 0.772 bits per heavy atom. The van der Waals surface area contributed by atoms with Gasteiger partial charge in [0.1, 0.15) is 5.54 Å². The average Bonchev–Trinajstić information content (AvgIpc) is 3.93. The van der Waals surface area contributed by atoms with Gasteiger partial charge in [-0.1, -0.05) is 160 Å². The highest BCUT2D eigenvalue weighted by Gasteiger charge is 2.53. The van der Waals surface area contributed by atoms with E-state index >= 15 is 0 Å². The van der Waals surface area contributed by atoms with E-state index in [9.17, 15) is 14.4 Å². The van der Waals surface area contributed by atoms with Crippen LogP contribution in [0.15, 0.2) is 140 Å². The van der Waals surface area contributed by atoms with E-state index in [1.807, 2.05) is 129 Å². The fourth-order valence-electron chi connectivity index (χ4n) is 8.27. The summed E-state index contributed by atoms with van der Waals surface area (Å²) < 4.78 is 7.21. The lowest BCUT2D eigenvalue weighted by molar-refractivity contribution is -0.164. The van der Waals surface area contributed by atoms with Gasteiger partial charge in [0.2, 0.25) is 5.91 Å². The van der Waals surface area contributed by atoms with Crippen molar-refractivity contribution in [2.75, 3.05) is 13.7 Å². The monoisotopic (exact) mass is 760 g/mol. The summed E-state index contributed by atoms with van der Waals surface area (Å²) in [5, 5.41) is 17.1. The van der Waals surface area contributed by atoms with E-state index in [-0.39, 0.29) is 17.6 Å². The Morgan fingerprint density at radius 2 is 1.32 bits per heavy atom.